The van der Waals surface area contributed by atoms with Crippen LogP contribution < -0.4 is 10.1 Å². The van der Waals surface area contributed by atoms with E-state index in [1.165, 1.54) is 33.1 Å². The molecule has 0 saturated carbocycles. The molecule has 0 fully saturated rings. The lowest BCUT2D eigenvalue weighted by molar-refractivity contribution is -0.260. The molecule has 9 heteroatoms. The van der Waals surface area contributed by atoms with Crippen molar-refractivity contribution in [3.8, 4) is 5.75 Å². The third-order valence-electron chi connectivity index (χ3n) is 5.52. The quantitative estimate of drug-likeness (QED) is 0.520. The number of hydrogen-bond acceptors (Lipinski definition) is 4. The fourth-order valence-corrected chi connectivity index (χ4v) is 3.87. The van der Waals surface area contributed by atoms with Gasteiger partial charge in [0.15, 0.2) is 5.60 Å². The topological polar surface area (TPSA) is 59.3 Å². The molecule has 3 rings (SSSR count). The molecule has 1 unspecified atom stereocenters. The number of nitrogens with zero attached hydrogens (tertiary/aromatic N) is 2. The number of alkyl halides is 3. The Hall–Kier alpha value is -2.81. The summed E-state index contributed by atoms with van der Waals surface area (Å²) in [5.74, 6) is -0.343. The van der Waals surface area contributed by atoms with Crippen LogP contribution in [0.3, 0.4) is 0 Å². The maximum atomic E-state index is 14.0. The molecular formula is C22H25F4N3O2. The van der Waals surface area contributed by atoms with Crippen LogP contribution in [0, 0.1) is 5.82 Å². The molecule has 3 aromatic rings. The van der Waals surface area contributed by atoms with Gasteiger partial charge in [-0.05, 0) is 42.2 Å². The lowest BCUT2D eigenvalue weighted by Crippen LogP contribution is -2.53. The van der Waals surface area contributed by atoms with Crippen LogP contribution in [-0.2, 0) is 12.5 Å². The second-order valence-corrected chi connectivity index (χ2v) is 8.29. The van der Waals surface area contributed by atoms with Gasteiger partial charge in [0.1, 0.15) is 11.6 Å². The number of anilines is 1. The van der Waals surface area contributed by atoms with Crippen LogP contribution in [-0.4, -0.2) is 40.3 Å². The summed E-state index contributed by atoms with van der Waals surface area (Å²) >= 11 is 0. The summed E-state index contributed by atoms with van der Waals surface area (Å²) in [4.78, 5) is 0. The van der Waals surface area contributed by atoms with E-state index in [4.69, 9.17) is 4.74 Å². The molecule has 0 saturated heterocycles. The average molecular weight is 439 g/mol. The predicted molar refractivity (Wildman–Crippen MR) is 111 cm³/mol. The molecule has 2 N–H and O–H groups in total. The van der Waals surface area contributed by atoms with Gasteiger partial charge in [0.25, 0.3) is 0 Å². The van der Waals surface area contributed by atoms with E-state index in [9.17, 15) is 22.7 Å². The number of methoxy groups -OCH3 is 1. The number of benzene rings is 2. The van der Waals surface area contributed by atoms with Crippen molar-refractivity contribution >= 4 is 16.6 Å². The second kappa shape index (κ2) is 8.03. The minimum absolute atomic E-state index is 0.243. The fourth-order valence-electron chi connectivity index (χ4n) is 3.87. The lowest BCUT2D eigenvalue weighted by Gasteiger charge is -2.38. The van der Waals surface area contributed by atoms with Crippen LogP contribution in [0.25, 0.3) is 10.9 Å². The highest BCUT2D eigenvalue weighted by Crippen LogP contribution is 2.44. The van der Waals surface area contributed by atoms with Crippen molar-refractivity contribution in [2.24, 2.45) is 7.05 Å². The third-order valence-corrected chi connectivity index (χ3v) is 5.52. The van der Waals surface area contributed by atoms with Crippen molar-refractivity contribution in [3.05, 3.63) is 54.0 Å². The molecule has 1 heterocycles. The van der Waals surface area contributed by atoms with E-state index in [0.29, 0.717) is 11.1 Å². The number of nitrogens with one attached hydrogen (secondary N) is 1. The van der Waals surface area contributed by atoms with Gasteiger partial charge >= 0.3 is 6.18 Å². The third kappa shape index (κ3) is 4.46. The number of rotatable bonds is 7. The normalized spacial score (nSPS) is 14.5. The van der Waals surface area contributed by atoms with Gasteiger partial charge in [0, 0.05) is 23.7 Å². The fraction of sp³-hybridized carbons (Fsp3) is 0.409. The number of halogens is 4. The second-order valence-electron chi connectivity index (χ2n) is 8.29. The van der Waals surface area contributed by atoms with Gasteiger partial charge in [-0.2, -0.15) is 18.3 Å². The van der Waals surface area contributed by atoms with Gasteiger partial charge in [-0.25, -0.2) is 4.39 Å². The molecule has 0 radical (unpaired) electrons. The van der Waals surface area contributed by atoms with E-state index < -0.39 is 36.0 Å². The number of aromatic nitrogens is 2. The van der Waals surface area contributed by atoms with Crippen molar-refractivity contribution < 1.29 is 27.4 Å². The standard InChI is InChI=1S/C22H25F4N3O2/c1-20(2,16-10-14(23)8-9-19(16)31-4)12-21(30,22(24,25)26)13-27-17-6-5-7-18-15(17)11-28-29(18)3/h5-11,27,30H,12-13H2,1-4H3. The molecular weight excluding hydrogens is 414 g/mol. The maximum absolute atomic E-state index is 14.0. The van der Waals surface area contributed by atoms with Gasteiger partial charge in [-0.1, -0.05) is 19.9 Å². The molecule has 1 atom stereocenters. The Balaban J connectivity index is 1.93. The summed E-state index contributed by atoms with van der Waals surface area (Å²) in [5, 5.41) is 18.3. The summed E-state index contributed by atoms with van der Waals surface area (Å²) < 4.78 is 62.7. The molecule has 0 amide bonds. The summed E-state index contributed by atoms with van der Waals surface area (Å²) in [7, 11) is 3.09. The van der Waals surface area contributed by atoms with Crippen LogP contribution in [0.15, 0.2) is 42.6 Å². The molecule has 0 aliphatic carbocycles. The zero-order valence-electron chi connectivity index (χ0n) is 17.7. The van der Waals surface area contributed by atoms with Gasteiger partial charge in [-0.15, -0.1) is 0 Å². The smallest absolute Gasteiger partial charge is 0.418 e. The Labute approximate surface area is 177 Å². The van der Waals surface area contributed by atoms with E-state index in [0.717, 1.165) is 11.6 Å². The summed E-state index contributed by atoms with van der Waals surface area (Å²) in [5.41, 5.74) is -2.93. The molecule has 0 aliphatic rings. The van der Waals surface area contributed by atoms with Gasteiger partial charge in [0.2, 0.25) is 0 Å². The minimum Gasteiger partial charge on any atom is -0.496 e. The van der Waals surface area contributed by atoms with E-state index in [2.05, 4.69) is 10.4 Å². The Kier molecular flexibility index (Phi) is 5.92. The zero-order chi connectivity index (χ0) is 23.0. The highest BCUT2D eigenvalue weighted by Gasteiger charge is 2.56. The first-order chi connectivity index (χ1) is 14.4. The molecule has 0 spiro atoms. The zero-order valence-corrected chi connectivity index (χ0v) is 17.7. The van der Waals surface area contributed by atoms with Crippen molar-refractivity contribution in [2.75, 3.05) is 19.0 Å². The lowest BCUT2D eigenvalue weighted by atomic mass is 9.74. The average Bonchev–Trinajstić information content (AvgIpc) is 3.07. The van der Waals surface area contributed by atoms with Crippen LogP contribution in [0.1, 0.15) is 25.8 Å². The first-order valence-electron chi connectivity index (χ1n) is 9.66. The molecule has 0 bridgehead atoms. The highest BCUT2D eigenvalue weighted by molar-refractivity contribution is 5.91. The summed E-state index contributed by atoms with van der Waals surface area (Å²) in [6, 6.07) is 8.79. The van der Waals surface area contributed by atoms with E-state index in [1.807, 2.05) is 0 Å². The molecule has 1 aromatic heterocycles. The molecule has 5 nitrogen and oxygen atoms in total. The number of aryl methyl sites for hydroxylation is 1. The largest absolute Gasteiger partial charge is 0.496 e. The van der Waals surface area contributed by atoms with Gasteiger partial charge < -0.3 is 15.2 Å². The minimum atomic E-state index is -4.93. The first kappa shape index (κ1) is 22.9. The maximum Gasteiger partial charge on any atom is 0.418 e. The van der Waals surface area contributed by atoms with Gasteiger partial charge in [-0.3, -0.25) is 4.68 Å². The van der Waals surface area contributed by atoms with E-state index >= 15 is 0 Å². The Morgan fingerprint density at radius 3 is 2.52 bits per heavy atom. The SMILES string of the molecule is COc1ccc(F)cc1C(C)(C)CC(O)(CNc1cccc2c1cnn2C)C(F)(F)F. The number of ether oxygens (including phenoxy) is 1. The number of hydrogen-bond donors (Lipinski definition) is 2. The Morgan fingerprint density at radius 1 is 1.16 bits per heavy atom. The van der Waals surface area contributed by atoms with E-state index in [1.54, 1.807) is 36.1 Å². The molecule has 0 aliphatic heterocycles. The predicted octanol–water partition coefficient (Wildman–Crippen LogP) is 4.79. The van der Waals surface area contributed by atoms with Crippen LogP contribution in [0.2, 0.25) is 0 Å². The molecule has 2 aromatic carbocycles. The number of fused-ring (bicyclic) bond motifs is 1. The van der Waals surface area contributed by atoms with Crippen LogP contribution in [0.5, 0.6) is 5.75 Å². The molecule has 31 heavy (non-hydrogen) atoms. The first-order valence-corrected chi connectivity index (χ1v) is 9.66. The molecule has 168 valence electrons. The number of aliphatic hydroxyl groups is 1. The van der Waals surface area contributed by atoms with Crippen molar-refractivity contribution in [1.82, 2.24) is 9.78 Å². The van der Waals surface area contributed by atoms with Crippen molar-refractivity contribution in [2.45, 2.75) is 37.5 Å². The van der Waals surface area contributed by atoms with Crippen molar-refractivity contribution in [3.63, 3.8) is 0 Å². The summed E-state index contributed by atoms with van der Waals surface area (Å²) in [6.45, 7) is 2.25. The van der Waals surface area contributed by atoms with E-state index in [-0.39, 0.29) is 11.3 Å². The van der Waals surface area contributed by atoms with Crippen molar-refractivity contribution in [1.29, 1.82) is 0 Å². The summed E-state index contributed by atoms with van der Waals surface area (Å²) in [6.07, 6.45) is -4.09. The highest BCUT2D eigenvalue weighted by atomic mass is 19.4. The van der Waals surface area contributed by atoms with Crippen LogP contribution >= 0.6 is 0 Å². The van der Waals surface area contributed by atoms with Crippen LogP contribution in [0.4, 0.5) is 23.2 Å². The Bertz CT molecular complexity index is 1080. The Morgan fingerprint density at radius 2 is 1.87 bits per heavy atom. The monoisotopic (exact) mass is 439 g/mol. The van der Waals surface area contributed by atoms with Gasteiger partial charge in [0.05, 0.1) is 25.4 Å².